The molecule has 0 heterocycles. The average Bonchev–Trinajstić information content (AvgIpc) is 1.07. The maximum atomic E-state index is 14.8. The van der Waals surface area contributed by atoms with E-state index in [-0.39, 0.29) is 30.4 Å². The largest absolute Gasteiger partial charge is 0.381 e. The SMILES string of the molecule is CCCCCCCCCCCCCC[C@@H](OCc1ccccc1)[C@@H](OCc1ccccc1)[C@H](CO[C@H]1C[C@H](COCCC)[C@H](OCc2ccccc2)[C@H](OCc2ccccc2)[C@H]1OCc1ccccc1)NC(=O)CCCCCCCCCCc1ccc(F)cc1. The second-order valence-electron chi connectivity index (χ2n) is 25.1. The van der Waals surface area contributed by atoms with Crippen molar-refractivity contribution < 1.29 is 42.3 Å². The second-order valence-corrected chi connectivity index (χ2v) is 25.1. The summed E-state index contributed by atoms with van der Waals surface area (Å²) in [6.45, 7) is 7.49. The predicted molar refractivity (Wildman–Crippen MR) is 363 cm³/mol. The number of carbonyl (C=O) groups is 1. The zero-order valence-electron chi connectivity index (χ0n) is 54.8. The van der Waals surface area contributed by atoms with E-state index >= 15 is 0 Å². The Labute approximate surface area is 541 Å². The van der Waals surface area contributed by atoms with Crippen LogP contribution in [0.1, 0.15) is 201 Å². The van der Waals surface area contributed by atoms with Gasteiger partial charge in [-0.05, 0) is 84.0 Å². The molecular weight excluding hydrogens is 1120 g/mol. The first kappa shape index (κ1) is 71.9. The summed E-state index contributed by atoms with van der Waals surface area (Å²) in [4.78, 5) is 14.8. The van der Waals surface area contributed by atoms with Crippen LogP contribution in [-0.4, -0.2) is 68.4 Å². The van der Waals surface area contributed by atoms with Crippen molar-refractivity contribution in [1.29, 1.82) is 0 Å². The number of unbranched alkanes of at least 4 members (excludes halogenated alkanes) is 18. The van der Waals surface area contributed by atoms with Crippen LogP contribution >= 0.6 is 0 Å². The normalized spacial score (nSPS) is 17.7. The van der Waals surface area contributed by atoms with Gasteiger partial charge in [0, 0.05) is 18.9 Å². The molecule has 0 radical (unpaired) electrons. The number of amides is 1. The van der Waals surface area contributed by atoms with Gasteiger partial charge in [-0.3, -0.25) is 4.79 Å². The standard InChI is InChI=1S/C80H110FNO8/c1-3-5-6-7-8-9-10-11-12-16-19-37-50-74(85-58-66-40-27-21-28-41-66)78(88-60-68-44-31-23-32-45-68)73(82-76(83)51-38-20-17-14-13-15-18-26-39-65-52-54-72(81)55-53-65)64-86-75-57-71(63-84-56-4-2)77(87-59-67-42-29-22-30-43-67)80(90-62-70-48-35-25-36-49-70)79(75)89-61-69-46-33-24-34-47-69/h21-25,27-36,40-49,52-55,71,73-75,77-80H,3-20,26,37-39,50-51,56-64H2,1-2H3,(H,82,83)/t71-,73+,74-,75+,77+,78+,79+,80+/m1/s1. The first-order valence-electron chi connectivity index (χ1n) is 35.0. The molecule has 0 spiro atoms. The highest BCUT2D eigenvalue weighted by Gasteiger charge is 2.48. The van der Waals surface area contributed by atoms with E-state index < -0.39 is 36.6 Å². The molecule has 8 atom stereocenters. The summed E-state index contributed by atoms with van der Waals surface area (Å²) in [7, 11) is 0. The fourth-order valence-corrected chi connectivity index (χ4v) is 12.5. The van der Waals surface area contributed by atoms with Gasteiger partial charge in [-0.25, -0.2) is 4.39 Å². The molecule has 6 aromatic rings. The van der Waals surface area contributed by atoms with Gasteiger partial charge in [0.15, 0.2) is 0 Å². The molecule has 10 heteroatoms. The lowest BCUT2D eigenvalue weighted by molar-refractivity contribution is -0.235. The van der Waals surface area contributed by atoms with Crippen LogP contribution < -0.4 is 5.32 Å². The molecule has 9 nitrogen and oxygen atoms in total. The van der Waals surface area contributed by atoms with Gasteiger partial charge in [0.1, 0.15) is 24.1 Å². The van der Waals surface area contributed by atoms with Crippen LogP contribution in [-0.2, 0) is 77.4 Å². The molecule has 0 bridgehead atoms. The van der Waals surface area contributed by atoms with Crippen LogP contribution in [0.25, 0.3) is 0 Å². The lowest BCUT2D eigenvalue weighted by Gasteiger charge is -2.46. The Hall–Kier alpha value is -5.56. The topological polar surface area (TPSA) is 93.7 Å². The van der Waals surface area contributed by atoms with Crippen LogP contribution in [0.15, 0.2) is 176 Å². The highest BCUT2D eigenvalue weighted by atomic mass is 19.1. The second kappa shape index (κ2) is 44.9. The van der Waals surface area contributed by atoms with Gasteiger partial charge in [-0.1, -0.05) is 293 Å². The lowest BCUT2D eigenvalue weighted by Crippen LogP contribution is -2.59. The van der Waals surface area contributed by atoms with E-state index in [0.29, 0.717) is 59.1 Å². The minimum atomic E-state index is -0.588. The molecule has 6 aromatic carbocycles. The third-order valence-corrected chi connectivity index (χ3v) is 17.6. The fraction of sp³-hybridized carbons (Fsp3) is 0.537. The Bertz CT molecular complexity index is 2690. The number of nitrogens with one attached hydrogen (secondary N) is 1. The van der Waals surface area contributed by atoms with E-state index in [0.717, 1.165) is 98.4 Å². The Balaban J connectivity index is 1.15. The van der Waals surface area contributed by atoms with E-state index in [4.69, 9.17) is 33.2 Å². The number of aryl methyl sites for hydroxylation is 1. The van der Waals surface area contributed by atoms with Crippen molar-refractivity contribution in [2.24, 2.45) is 5.92 Å². The average molecular weight is 1230 g/mol. The van der Waals surface area contributed by atoms with Gasteiger partial charge in [-0.2, -0.15) is 0 Å². The maximum absolute atomic E-state index is 14.8. The van der Waals surface area contributed by atoms with E-state index in [1.54, 1.807) is 12.1 Å². The summed E-state index contributed by atoms with van der Waals surface area (Å²) in [6.07, 6.45) is 24.3. The number of hydrogen-bond acceptors (Lipinski definition) is 8. The predicted octanol–water partition coefficient (Wildman–Crippen LogP) is 19.2. The molecule has 1 aliphatic carbocycles. The van der Waals surface area contributed by atoms with Gasteiger partial charge in [0.05, 0.1) is 70.6 Å². The molecule has 0 aromatic heterocycles. The molecule has 1 aliphatic rings. The van der Waals surface area contributed by atoms with E-state index in [2.05, 4.69) is 104 Å². The van der Waals surface area contributed by atoms with Crippen molar-refractivity contribution in [2.45, 2.75) is 250 Å². The summed E-state index contributed by atoms with van der Waals surface area (Å²) >= 11 is 0. The monoisotopic (exact) mass is 1230 g/mol. The molecule has 490 valence electrons. The van der Waals surface area contributed by atoms with Crippen molar-refractivity contribution in [3.05, 3.63) is 215 Å². The van der Waals surface area contributed by atoms with Crippen molar-refractivity contribution in [3.8, 4) is 0 Å². The molecule has 0 aliphatic heterocycles. The number of carbonyl (C=O) groups excluding carboxylic acids is 1. The highest BCUT2D eigenvalue weighted by Crippen LogP contribution is 2.36. The van der Waals surface area contributed by atoms with E-state index in [1.165, 1.54) is 82.6 Å². The molecule has 1 fully saturated rings. The van der Waals surface area contributed by atoms with Gasteiger partial charge in [0.2, 0.25) is 5.91 Å². The number of halogens is 1. The Morgan fingerprint density at radius 2 is 0.878 bits per heavy atom. The number of hydrogen-bond donors (Lipinski definition) is 1. The first-order valence-corrected chi connectivity index (χ1v) is 35.0. The summed E-state index contributed by atoms with van der Waals surface area (Å²) < 4.78 is 63.2. The third kappa shape index (κ3) is 28.5. The van der Waals surface area contributed by atoms with E-state index in [1.807, 2.05) is 78.9 Å². The maximum Gasteiger partial charge on any atom is 0.220 e. The Morgan fingerprint density at radius 3 is 1.38 bits per heavy atom. The summed E-state index contributed by atoms with van der Waals surface area (Å²) in [5.74, 6) is -0.319. The Morgan fingerprint density at radius 1 is 0.444 bits per heavy atom. The van der Waals surface area contributed by atoms with Crippen LogP contribution in [0.2, 0.25) is 0 Å². The summed E-state index contributed by atoms with van der Waals surface area (Å²) in [6, 6.07) is 58.0. The van der Waals surface area contributed by atoms with Crippen molar-refractivity contribution in [1.82, 2.24) is 5.32 Å². The van der Waals surface area contributed by atoms with Crippen molar-refractivity contribution >= 4 is 5.91 Å². The third-order valence-electron chi connectivity index (χ3n) is 17.6. The van der Waals surface area contributed by atoms with Gasteiger partial charge >= 0.3 is 0 Å². The minimum Gasteiger partial charge on any atom is -0.381 e. The lowest BCUT2D eigenvalue weighted by atomic mass is 9.80. The van der Waals surface area contributed by atoms with Gasteiger partial charge < -0.3 is 38.5 Å². The molecule has 7 rings (SSSR count). The van der Waals surface area contributed by atoms with Crippen LogP contribution in [0.5, 0.6) is 0 Å². The highest BCUT2D eigenvalue weighted by molar-refractivity contribution is 5.76. The number of ether oxygens (including phenoxy) is 7. The van der Waals surface area contributed by atoms with Gasteiger partial charge in [-0.15, -0.1) is 0 Å². The molecule has 90 heavy (non-hydrogen) atoms. The van der Waals surface area contributed by atoms with Crippen LogP contribution in [0.3, 0.4) is 0 Å². The Kier molecular flexibility index (Phi) is 35.8. The summed E-state index contributed by atoms with van der Waals surface area (Å²) in [5.41, 5.74) is 6.49. The molecule has 1 N–H and O–H groups in total. The first-order chi connectivity index (χ1) is 44.4. The van der Waals surface area contributed by atoms with E-state index in [9.17, 15) is 9.18 Å². The van der Waals surface area contributed by atoms with Gasteiger partial charge in [0.25, 0.3) is 0 Å². The van der Waals surface area contributed by atoms with Crippen LogP contribution in [0, 0.1) is 11.7 Å². The van der Waals surface area contributed by atoms with Crippen LogP contribution in [0.4, 0.5) is 4.39 Å². The molecule has 0 unspecified atom stereocenters. The zero-order chi connectivity index (χ0) is 62.7. The molecular formula is C80H110FNO8. The molecule has 1 amide bonds. The fourth-order valence-electron chi connectivity index (χ4n) is 12.5. The number of benzene rings is 6. The quantitative estimate of drug-likeness (QED) is 0.0378. The minimum absolute atomic E-state index is 0.0188. The van der Waals surface area contributed by atoms with Crippen molar-refractivity contribution in [3.63, 3.8) is 0 Å². The smallest absolute Gasteiger partial charge is 0.220 e. The summed E-state index contributed by atoms with van der Waals surface area (Å²) in [5, 5.41) is 3.58. The molecule has 1 saturated carbocycles. The molecule has 0 saturated heterocycles. The zero-order valence-corrected chi connectivity index (χ0v) is 54.8. The number of rotatable bonds is 49. The van der Waals surface area contributed by atoms with Crippen molar-refractivity contribution in [2.75, 3.05) is 19.8 Å².